The maximum atomic E-state index is 5.65. The predicted molar refractivity (Wildman–Crippen MR) is 74.5 cm³/mol. The van der Waals surface area contributed by atoms with Crippen molar-refractivity contribution in [1.29, 1.82) is 0 Å². The first-order chi connectivity index (χ1) is 9.17. The van der Waals surface area contributed by atoms with Crippen molar-refractivity contribution >= 4 is 11.0 Å². The molecule has 3 rings (SSSR count). The summed E-state index contributed by atoms with van der Waals surface area (Å²) >= 11 is 0. The highest BCUT2D eigenvalue weighted by atomic mass is 15.1. The first-order valence-electron chi connectivity index (χ1n) is 6.17. The van der Waals surface area contributed by atoms with Crippen molar-refractivity contribution in [1.82, 2.24) is 20.2 Å². The molecule has 0 amide bonds. The number of hydrogen-bond acceptors (Lipinski definition) is 4. The van der Waals surface area contributed by atoms with Crippen molar-refractivity contribution in [2.45, 2.75) is 20.4 Å². The number of aryl methyl sites for hydroxylation is 2. The third kappa shape index (κ3) is 2.08. The van der Waals surface area contributed by atoms with Crippen molar-refractivity contribution in [3.05, 3.63) is 41.2 Å². The summed E-state index contributed by atoms with van der Waals surface area (Å²) in [5.74, 6) is 0.819. The van der Waals surface area contributed by atoms with Crippen molar-refractivity contribution in [3.8, 4) is 11.4 Å². The highest BCUT2D eigenvalue weighted by molar-refractivity contribution is 5.80. The molecular formula is C14H15N5. The van der Waals surface area contributed by atoms with E-state index >= 15 is 0 Å². The molecule has 0 saturated carbocycles. The number of benzene rings is 1. The Morgan fingerprint density at radius 1 is 1.16 bits per heavy atom. The molecular weight excluding hydrogens is 238 g/mol. The van der Waals surface area contributed by atoms with Crippen molar-refractivity contribution in [2.75, 3.05) is 0 Å². The van der Waals surface area contributed by atoms with Gasteiger partial charge >= 0.3 is 0 Å². The van der Waals surface area contributed by atoms with E-state index in [9.17, 15) is 0 Å². The molecule has 0 aliphatic heterocycles. The van der Waals surface area contributed by atoms with Crippen LogP contribution in [0.3, 0.4) is 0 Å². The van der Waals surface area contributed by atoms with Gasteiger partial charge in [-0.2, -0.15) is 10.2 Å². The number of aromatic nitrogens is 4. The second-order valence-electron chi connectivity index (χ2n) is 4.63. The Morgan fingerprint density at radius 2 is 2.00 bits per heavy atom. The minimum absolute atomic E-state index is 0.527. The summed E-state index contributed by atoms with van der Waals surface area (Å²) in [6.07, 6.45) is 0. The largest absolute Gasteiger partial charge is 0.338 e. The number of hydrogen-bond donors (Lipinski definition) is 2. The van der Waals surface area contributed by atoms with Gasteiger partial charge in [0.1, 0.15) is 5.82 Å². The summed E-state index contributed by atoms with van der Waals surface area (Å²) < 4.78 is 0. The topological polar surface area (TPSA) is 80.5 Å². The quantitative estimate of drug-likeness (QED) is 0.732. The number of aromatic amines is 1. The molecule has 2 heterocycles. The van der Waals surface area contributed by atoms with Crippen LogP contribution in [0.4, 0.5) is 0 Å². The highest BCUT2D eigenvalue weighted by Gasteiger charge is 2.10. The third-order valence-electron chi connectivity index (χ3n) is 3.14. The van der Waals surface area contributed by atoms with Crippen LogP contribution < -0.4 is 5.73 Å². The molecule has 0 atom stereocenters. The second kappa shape index (κ2) is 4.44. The van der Waals surface area contributed by atoms with Gasteiger partial charge in [0.15, 0.2) is 0 Å². The monoisotopic (exact) mass is 253 g/mol. The van der Waals surface area contributed by atoms with Gasteiger partial charge in [-0.05, 0) is 37.6 Å². The maximum absolute atomic E-state index is 5.65. The smallest absolute Gasteiger partial charge is 0.140 e. The summed E-state index contributed by atoms with van der Waals surface area (Å²) in [4.78, 5) is 7.92. The molecule has 5 nitrogen and oxygen atoms in total. The summed E-state index contributed by atoms with van der Waals surface area (Å²) in [7, 11) is 0. The average Bonchev–Trinajstić information content (AvgIpc) is 2.83. The number of rotatable bonds is 2. The van der Waals surface area contributed by atoms with E-state index in [1.807, 2.05) is 38.1 Å². The van der Waals surface area contributed by atoms with Crippen LogP contribution in [0.2, 0.25) is 0 Å². The Morgan fingerprint density at radius 3 is 2.79 bits per heavy atom. The summed E-state index contributed by atoms with van der Waals surface area (Å²) in [5.41, 5.74) is 11.4. The van der Waals surface area contributed by atoms with E-state index < -0.39 is 0 Å². The number of nitrogens with one attached hydrogen (secondary N) is 1. The first-order valence-corrected chi connectivity index (χ1v) is 6.17. The maximum Gasteiger partial charge on any atom is 0.140 e. The van der Waals surface area contributed by atoms with Crippen LogP contribution in [0.25, 0.3) is 22.4 Å². The zero-order valence-corrected chi connectivity index (χ0v) is 10.9. The number of imidazole rings is 1. The van der Waals surface area contributed by atoms with E-state index in [1.165, 1.54) is 0 Å². The van der Waals surface area contributed by atoms with Gasteiger partial charge in [-0.3, -0.25) is 0 Å². The van der Waals surface area contributed by atoms with Gasteiger partial charge in [0.2, 0.25) is 0 Å². The van der Waals surface area contributed by atoms with Gasteiger partial charge in [0.05, 0.1) is 22.4 Å². The van der Waals surface area contributed by atoms with E-state index in [0.29, 0.717) is 6.54 Å². The Labute approximate surface area is 110 Å². The number of fused-ring (bicyclic) bond motifs is 1. The van der Waals surface area contributed by atoms with Crippen LogP contribution in [-0.2, 0) is 6.54 Å². The molecule has 0 radical (unpaired) electrons. The molecule has 0 saturated heterocycles. The van der Waals surface area contributed by atoms with E-state index in [1.54, 1.807) is 0 Å². The van der Waals surface area contributed by atoms with Gasteiger partial charge in [-0.25, -0.2) is 4.98 Å². The number of H-pyrrole nitrogens is 1. The SMILES string of the molecule is Cc1cc(-c2nc3ccc(CN)cc3[nH]2)c(C)nn1. The predicted octanol–water partition coefficient (Wildman–Crippen LogP) is 2.10. The average molecular weight is 253 g/mol. The standard InChI is InChI=1S/C14H15N5/c1-8-5-11(9(2)19-18-8)14-16-12-4-3-10(7-15)6-13(12)17-14/h3-6H,7,15H2,1-2H3,(H,16,17). The van der Waals surface area contributed by atoms with Crippen LogP contribution >= 0.6 is 0 Å². The molecule has 19 heavy (non-hydrogen) atoms. The minimum Gasteiger partial charge on any atom is -0.338 e. The molecule has 0 aliphatic carbocycles. The van der Waals surface area contributed by atoms with E-state index in [-0.39, 0.29) is 0 Å². The fraction of sp³-hybridized carbons (Fsp3) is 0.214. The minimum atomic E-state index is 0.527. The zero-order chi connectivity index (χ0) is 13.4. The Balaban J connectivity index is 2.17. The molecule has 0 spiro atoms. The first kappa shape index (κ1) is 11.8. The molecule has 96 valence electrons. The van der Waals surface area contributed by atoms with Gasteiger partial charge in [0.25, 0.3) is 0 Å². The normalized spacial score (nSPS) is 11.1. The van der Waals surface area contributed by atoms with E-state index in [2.05, 4.69) is 20.2 Å². The van der Waals surface area contributed by atoms with Crippen molar-refractivity contribution < 1.29 is 0 Å². The van der Waals surface area contributed by atoms with Crippen LogP contribution in [0.15, 0.2) is 24.3 Å². The van der Waals surface area contributed by atoms with Crippen molar-refractivity contribution in [2.24, 2.45) is 5.73 Å². The van der Waals surface area contributed by atoms with E-state index in [0.717, 1.165) is 39.4 Å². The van der Waals surface area contributed by atoms with E-state index in [4.69, 9.17) is 5.73 Å². The fourth-order valence-electron chi connectivity index (χ4n) is 2.10. The lowest BCUT2D eigenvalue weighted by Gasteiger charge is -2.01. The van der Waals surface area contributed by atoms with Gasteiger partial charge in [-0.1, -0.05) is 6.07 Å². The molecule has 0 unspecified atom stereocenters. The van der Waals surface area contributed by atoms with Crippen molar-refractivity contribution in [3.63, 3.8) is 0 Å². The molecule has 0 bridgehead atoms. The Bertz CT molecular complexity index is 745. The van der Waals surface area contributed by atoms with Gasteiger partial charge < -0.3 is 10.7 Å². The highest BCUT2D eigenvalue weighted by Crippen LogP contribution is 2.23. The molecule has 3 N–H and O–H groups in total. The molecule has 2 aromatic heterocycles. The number of nitrogens with zero attached hydrogens (tertiary/aromatic N) is 3. The second-order valence-corrected chi connectivity index (χ2v) is 4.63. The van der Waals surface area contributed by atoms with Crippen LogP contribution in [0.5, 0.6) is 0 Å². The summed E-state index contributed by atoms with van der Waals surface area (Å²) in [5, 5.41) is 8.17. The molecule has 0 fully saturated rings. The Kier molecular flexibility index (Phi) is 2.76. The summed E-state index contributed by atoms with van der Waals surface area (Å²) in [6.45, 7) is 4.38. The van der Waals surface area contributed by atoms with Gasteiger partial charge in [0, 0.05) is 12.1 Å². The lowest BCUT2D eigenvalue weighted by molar-refractivity contribution is 0.940. The molecule has 3 aromatic rings. The molecule has 5 heteroatoms. The molecule has 1 aromatic carbocycles. The van der Waals surface area contributed by atoms with Gasteiger partial charge in [-0.15, -0.1) is 0 Å². The Hall–Kier alpha value is -2.27. The third-order valence-corrected chi connectivity index (χ3v) is 3.14. The van der Waals surface area contributed by atoms with Crippen LogP contribution in [0, 0.1) is 13.8 Å². The van der Waals surface area contributed by atoms with Crippen LogP contribution in [-0.4, -0.2) is 20.2 Å². The fourth-order valence-corrected chi connectivity index (χ4v) is 2.10. The lowest BCUT2D eigenvalue weighted by atomic mass is 10.2. The zero-order valence-electron chi connectivity index (χ0n) is 10.9. The number of nitrogens with two attached hydrogens (primary N) is 1. The summed E-state index contributed by atoms with van der Waals surface area (Å²) in [6, 6.07) is 8.00. The lowest BCUT2D eigenvalue weighted by Crippen LogP contribution is -1.95. The molecule has 0 aliphatic rings. The van der Waals surface area contributed by atoms with Crippen LogP contribution in [0.1, 0.15) is 17.0 Å².